The maximum Gasteiger partial charge on any atom is 0.0965 e. The van der Waals surface area contributed by atoms with E-state index in [1.807, 2.05) is 36.4 Å². The second-order valence-electron chi connectivity index (χ2n) is 10.1. The van der Waals surface area contributed by atoms with Crippen LogP contribution >= 0.6 is 88.5 Å². The minimum Gasteiger partial charge on any atom is -0.412 e. The molecule has 0 amide bonds. The van der Waals surface area contributed by atoms with Gasteiger partial charge < -0.3 is 5.48 Å². The van der Waals surface area contributed by atoms with Crippen molar-refractivity contribution in [3.05, 3.63) is 142 Å². The van der Waals surface area contributed by atoms with Crippen molar-refractivity contribution in [2.75, 3.05) is 0 Å². The molecule has 0 spiro atoms. The lowest BCUT2D eigenvalue weighted by Crippen LogP contribution is -1.85. The van der Waals surface area contributed by atoms with Crippen molar-refractivity contribution < 1.29 is 5.48 Å². The van der Waals surface area contributed by atoms with Crippen LogP contribution in [0.3, 0.4) is 0 Å². The molecule has 0 aliphatic rings. The highest BCUT2D eigenvalue weighted by Gasteiger charge is 2.05. The molecule has 3 aromatic carbocycles. The molecule has 9 rings (SSSR count). The fraction of sp³-hybridized carbons (Fsp3) is 0. The summed E-state index contributed by atoms with van der Waals surface area (Å²) in [6, 6.07) is 30.5. The second-order valence-corrected chi connectivity index (χ2v) is 12.8. The molecule has 0 saturated carbocycles. The van der Waals surface area contributed by atoms with Crippen LogP contribution in [0.25, 0.3) is 65.4 Å². The molecule has 0 unspecified atom stereocenters. The van der Waals surface area contributed by atoms with Gasteiger partial charge in [-0.05, 0) is 84.2 Å². The van der Waals surface area contributed by atoms with Gasteiger partial charge in [0.2, 0.25) is 0 Å². The first kappa shape index (κ1) is 38.6. The zero-order valence-electron chi connectivity index (χ0n) is 25.1. The van der Waals surface area contributed by atoms with E-state index in [1.54, 1.807) is 37.2 Å². The summed E-state index contributed by atoms with van der Waals surface area (Å²) < 4.78 is 2.96. The predicted molar refractivity (Wildman–Crippen MR) is 223 cm³/mol. The Labute approximate surface area is 328 Å². The van der Waals surface area contributed by atoms with E-state index in [1.165, 1.54) is 0 Å². The Hall–Kier alpha value is -3.23. The first-order valence-electron chi connectivity index (χ1n) is 14.0. The molecule has 2 N–H and O–H groups in total. The zero-order valence-corrected chi connectivity index (χ0v) is 33.9. The average molecular weight is 992 g/mol. The normalized spacial score (nSPS) is 10.2. The van der Waals surface area contributed by atoms with Crippen molar-refractivity contribution in [1.82, 2.24) is 29.9 Å². The van der Waals surface area contributed by atoms with E-state index in [0.717, 1.165) is 78.8 Å². The number of rotatable bonds is 0. The van der Waals surface area contributed by atoms with Gasteiger partial charge in [-0.15, -0.1) is 12.4 Å². The summed E-state index contributed by atoms with van der Waals surface area (Å²) in [5.41, 5.74) is 5.75. The van der Waals surface area contributed by atoms with Crippen LogP contribution in [-0.2, 0) is 0 Å². The van der Waals surface area contributed by atoms with Gasteiger partial charge in [-0.3, -0.25) is 29.9 Å². The van der Waals surface area contributed by atoms with Gasteiger partial charge in [0.1, 0.15) is 0 Å². The SMILES string of the molecule is BrBr.Brc1cnc2c(ccc3cc(Br)cnc32)c1.Brc1cnc2c(ccc3cccnc32)c1.Cl.O.c1cnc2c(c1)ccc1cccnc12. The van der Waals surface area contributed by atoms with Crippen LogP contribution in [0.2, 0.25) is 0 Å². The molecular weight excluding hydrogens is 967 g/mol. The van der Waals surface area contributed by atoms with Gasteiger partial charge in [-0.25, -0.2) is 0 Å². The third-order valence-electron chi connectivity index (χ3n) is 7.17. The summed E-state index contributed by atoms with van der Waals surface area (Å²) in [6.45, 7) is 0. The molecule has 49 heavy (non-hydrogen) atoms. The number of nitrogens with zero attached hydrogens (tertiary/aromatic N) is 6. The fourth-order valence-electron chi connectivity index (χ4n) is 5.13. The quantitative estimate of drug-likeness (QED) is 0.140. The van der Waals surface area contributed by atoms with Crippen LogP contribution in [0.15, 0.2) is 142 Å². The van der Waals surface area contributed by atoms with Gasteiger partial charge in [0.05, 0.1) is 33.1 Å². The second kappa shape index (κ2) is 18.1. The summed E-state index contributed by atoms with van der Waals surface area (Å²) in [7, 11) is 0. The number of hydrogen-bond donors (Lipinski definition) is 0. The first-order chi connectivity index (χ1) is 23.0. The molecule has 9 aromatic rings. The van der Waals surface area contributed by atoms with E-state index in [-0.39, 0.29) is 17.9 Å². The lowest BCUT2D eigenvalue weighted by molar-refractivity contribution is 0.824. The third kappa shape index (κ3) is 8.93. The lowest BCUT2D eigenvalue weighted by Gasteiger charge is -2.02. The van der Waals surface area contributed by atoms with Gasteiger partial charge in [-0.1, -0.05) is 54.6 Å². The number of hydrogen-bond acceptors (Lipinski definition) is 6. The molecule has 6 aromatic heterocycles. The minimum atomic E-state index is 0. The van der Waals surface area contributed by atoms with Crippen molar-refractivity contribution in [1.29, 1.82) is 0 Å². The molecule has 0 radical (unpaired) electrons. The Bertz CT molecular complexity index is 2410. The van der Waals surface area contributed by atoms with E-state index in [2.05, 4.69) is 161 Å². The first-order valence-corrected chi connectivity index (χ1v) is 20.1. The van der Waals surface area contributed by atoms with Gasteiger partial charge in [0.25, 0.3) is 0 Å². The smallest absolute Gasteiger partial charge is 0.0965 e. The number of pyridine rings is 6. The number of benzene rings is 3. The van der Waals surface area contributed by atoms with Crippen molar-refractivity contribution in [3.8, 4) is 0 Å². The van der Waals surface area contributed by atoms with Crippen LogP contribution in [0, 0.1) is 0 Å². The molecule has 246 valence electrons. The van der Waals surface area contributed by atoms with Crippen LogP contribution in [0.4, 0.5) is 0 Å². The van der Waals surface area contributed by atoms with Gasteiger partial charge in [-0.2, -0.15) is 0 Å². The summed E-state index contributed by atoms with van der Waals surface area (Å²) in [5.74, 6) is 0. The predicted octanol–water partition coefficient (Wildman–Crippen LogP) is 11.9. The molecule has 0 fully saturated rings. The summed E-state index contributed by atoms with van der Waals surface area (Å²) >= 11 is 15.7. The maximum absolute atomic E-state index is 4.41. The van der Waals surface area contributed by atoms with Crippen molar-refractivity contribution in [3.63, 3.8) is 0 Å². The summed E-state index contributed by atoms with van der Waals surface area (Å²) in [6.07, 6.45) is 10.8. The Morgan fingerprint density at radius 3 is 0.878 bits per heavy atom. The van der Waals surface area contributed by atoms with Crippen molar-refractivity contribution in [2.24, 2.45) is 0 Å². The van der Waals surface area contributed by atoms with E-state index in [0.29, 0.717) is 0 Å². The standard InChI is InChI=1S/C12H6Br2N2.C12H7BrN2.C12H8N2.Br2.ClH.H2O/c13-9-3-7-1-2-8-4-10(14)6-16-12(8)11(7)15-5-9;13-10-6-9-4-3-8-2-1-5-14-11(8)12(9)15-7-10;1-3-9-5-6-10-4-2-8-14-12(10)11(9)13-7-1;1-2;;/h1-6H;1-7H;1-8H;;1H;1H2. The lowest BCUT2D eigenvalue weighted by atomic mass is 10.1. The molecular formula is C36H24Br5ClN6O. The van der Waals surface area contributed by atoms with E-state index in [9.17, 15) is 0 Å². The molecule has 13 heteroatoms. The van der Waals surface area contributed by atoms with Gasteiger partial charge in [0.15, 0.2) is 0 Å². The van der Waals surface area contributed by atoms with Crippen molar-refractivity contribution >= 4 is 154 Å². The Kier molecular flexibility index (Phi) is 14.3. The summed E-state index contributed by atoms with van der Waals surface area (Å²) in [5, 5.41) is 6.70. The molecule has 6 heterocycles. The summed E-state index contributed by atoms with van der Waals surface area (Å²) in [4.78, 5) is 26.3. The number of fused-ring (bicyclic) bond motifs is 9. The highest BCUT2D eigenvalue weighted by atomic mass is 80.9. The Morgan fingerprint density at radius 2 is 0.592 bits per heavy atom. The monoisotopic (exact) mass is 986 g/mol. The van der Waals surface area contributed by atoms with E-state index < -0.39 is 0 Å². The largest absolute Gasteiger partial charge is 0.412 e. The Morgan fingerprint density at radius 1 is 0.347 bits per heavy atom. The van der Waals surface area contributed by atoms with Crippen LogP contribution in [0.1, 0.15) is 0 Å². The minimum absolute atomic E-state index is 0. The number of halogens is 6. The van der Waals surface area contributed by atoms with Gasteiger partial charge in [0, 0.05) is 111 Å². The van der Waals surface area contributed by atoms with Gasteiger partial charge >= 0.3 is 0 Å². The molecule has 0 aliphatic carbocycles. The van der Waals surface area contributed by atoms with Crippen molar-refractivity contribution in [2.45, 2.75) is 0 Å². The third-order valence-corrected chi connectivity index (χ3v) is 8.47. The molecule has 7 nitrogen and oxygen atoms in total. The molecule has 0 bridgehead atoms. The molecule has 0 atom stereocenters. The average Bonchev–Trinajstić information content (AvgIpc) is 3.12. The number of aromatic nitrogens is 6. The van der Waals surface area contributed by atoms with Crippen LogP contribution in [0.5, 0.6) is 0 Å². The molecule has 0 aliphatic heterocycles. The zero-order chi connectivity index (χ0) is 32.8. The topological polar surface area (TPSA) is 109 Å². The fourth-order valence-corrected chi connectivity index (χ4v) is 6.18. The van der Waals surface area contributed by atoms with E-state index in [4.69, 9.17) is 0 Å². The Balaban J connectivity index is 0.000000158. The van der Waals surface area contributed by atoms with Crippen LogP contribution < -0.4 is 0 Å². The maximum atomic E-state index is 4.41. The highest BCUT2D eigenvalue weighted by Crippen LogP contribution is 2.26. The van der Waals surface area contributed by atoms with E-state index >= 15 is 0 Å². The highest BCUT2D eigenvalue weighted by molar-refractivity contribution is 9.93. The molecule has 0 saturated heterocycles. The van der Waals surface area contributed by atoms with Crippen LogP contribution in [-0.4, -0.2) is 35.4 Å².